The Balaban J connectivity index is 2.04. The van der Waals surface area contributed by atoms with Crippen LogP contribution < -0.4 is 10.1 Å². The fourth-order valence-corrected chi connectivity index (χ4v) is 2.06. The Labute approximate surface area is 99.4 Å². The predicted molar refractivity (Wildman–Crippen MR) is 62.6 cm³/mol. The van der Waals surface area contributed by atoms with Gasteiger partial charge in [-0.25, -0.2) is 0 Å². The van der Waals surface area contributed by atoms with Crippen LogP contribution in [0.1, 0.15) is 6.42 Å². The molecule has 1 saturated heterocycles. The molecule has 1 aromatic rings. The molecule has 1 heterocycles. The lowest BCUT2D eigenvalue weighted by atomic mass is 10.2. The zero-order valence-electron chi connectivity index (χ0n) is 9.70. The van der Waals surface area contributed by atoms with E-state index in [1.54, 1.807) is 24.3 Å². The highest BCUT2D eigenvalue weighted by Crippen LogP contribution is 2.27. The molecular weight excluding hydrogens is 226 g/mol. The lowest BCUT2D eigenvalue weighted by molar-refractivity contribution is -0.0493. The van der Waals surface area contributed by atoms with Gasteiger partial charge < -0.3 is 15.0 Å². The van der Waals surface area contributed by atoms with E-state index in [0.29, 0.717) is 11.7 Å². The summed E-state index contributed by atoms with van der Waals surface area (Å²) in [6.45, 7) is -0.845. The average molecular weight is 242 g/mol. The van der Waals surface area contributed by atoms with Crippen molar-refractivity contribution in [2.45, 2.75) is 19.1 Å². The van der Waals surface area contributed by atoms with Crippen LogP contribution in [0.2, 0.25) is 0 Å². The van der Waals surface area contributed by atoms with Crippen molar-refractivity contribution < 1.29 is 13.5 Å². The first-order valence-electron chi connectivity index (χ1n) is 5.64. The third-order valence-corrected chi connectivity index (χ3v) is 2.85. The Hall–Kier alpha value is -1.36. The fraction of sp³-hybridized carbons (Fsp3) is 0.500. The van der Waals surface area contributed by atoms with Gasteiger partial charge in [0.25, 0.3) is 0 Å². The lowest BCUT2D eigenvalue weighted by Crippen LogP contribution is -2.23. The van der Waals surface area contributed by atoms with Crippen molar-refractivity contribution in [3.05, 3.63) is 24.3 Å². The summed E-state index contributed by atoms with van der Waals surface area (Å²) in [5.41, 5.74) is 0.633. The number of ether oxygens (including phenoxy) is 1. The van der Waals surface area contributed by atoms with Gasteiger partial charge in [0, 0.05) is 12.6 Å². The Morgan fingerprint density at radius 1 is 1.41 bits per heavy atom. The second kappa shape index (κ2) is 5.31. The number of hydrogen-bond acceptors (Lipinski definition) is 3. The van der Waals surface area contributed by atoms with Crippen LogP contribution in [0.25, 0.3) is 0 Å². The van der Waals surface area contributed by atoms with Crippen molar-refractivity contribution in [3.8, 4) is 5.75 Å². The molecule has 0 saturated carbocycles. The monoisotopic (exact) mass is 242 g/mol. The molecule has 2 rings (SSSR count). The van der Waals surface area contributed by atoms with Crippen LogP contribution in [-0.2, 0) is 0 Å². The van der Waals surface area contributed by atoms with Crippen molar-refractivity contribution in [1.29, 1.82) is 0 Å². The summed E-state index contributed by atoms with van der Waals surface area (Å²) in [5.74, 6) is 0.206. The molecule has 94 valence electrons. The predicted octanol–water partition coefficient (Wildman–Crippen LogP) is 2.40. The van der Waals surface area contributed by atoms with Crippen molar-refractivity contribution in [2.24, 2.45) is 0 Å². The lowest BCUT2D eigenvalue weighted by Gasteiger charge is -2.17. The van der Waals surface area contributed by atoms with Crippen LogP contribution in [0.15, 0.2) is 24.3 Å². The summed E-state index contributed by atoms with van der Waals surface area (Å²) < 4.78 is 28.9. The van der Waals surface area contributed by atoms with E-state index in [1.165, 1.54) is 0 Å². The number of benzene rings is 1. The van der Waals surface area contributed by atoms with Crippen LogP contribution in [0.3, 0.4) is 0 Å². The largest absolute Gasteiger partial charge is 0.433 e. The van der Waals surface area contributed by atoms with Gasteiger partial charge in [0.05, 0.1) is 5.69 Å². The molecule has 3 nitrogen and oxygen atoms in total. The minimum atomic E-state index is -2.79. The second-order valence-electron chi connectivity index (χ2n) is 4.27. The van der Waals surface area contributed by atoms with Gasteiger partial charge in [-0.05, 0) is 32.1 Å². The zero-order chi connectivity index (χ0) is 12.3. The van der Waals surface area contributed by atoms with Gasteiger partial charge in [-0.1, -0.05) is 12.1 Å². The van der Waals surface area contributed by atoms with E-state index in [0.717, 1.165) is 19.5 Å². The zero-order valence-corrected chi connectivity index (χ0v) is 9.70. The Morgan fingerprint density at radius 3 is 2.82 bits per heavy atom. The Kier molecular flexibility index (Phi) is 3.78. The normalized spacial score (nSPS) is 20.8. The maximum Gasteiger partial charge on any atom is 0.387 e. The third-order valence-electron chi connectivity index (χ3n) is 2.85. The van der Waals surface area contributed by atoms with E-state index in [9.17, 15) is 8.78 Å². The highest BCUT2D eigenvalue weighted by atomic mass is 19.3. The summed E-state index contributed by atoms with van der Waals surface area (Å²) in [4.78, 5) is 2.20. The van der Waals surface area contributed by atoms with Crippen molar-refractivity contribution in [3.63, 3.8) is 0 Å². The van der Waals surface area contributed by atoms with Crippen LogP contribution >= 0.6 is 0 Å². The number of halogens is 2. The number of nitrogens with zero attached hydrogens (tertiary/aromatic N) is 1. The first-order valence-corrected chi connectivity index (χ1v) is 5.64. The molecule has 17 heavy (non-hydrogen) atoms. The maximum atomic E-state index is 12.2. The molecule has 0 radical (unpaired) electrons. The van der Waals surface area contributed by atoms with Gasteiger partial charge in [0.15, 0.2) is 0 Å². The smallest absolute Gasteiger partial charge is 0.387 e. The Bertz CT molecular complexity index is 373. The van der Waals surface area contributed by atoms with Crippen LogP contribution in [0.5, 0.6) is 5.75 Å². The summed E-state index contributed by atoms with van der Waals surface area (Å²) >= 11 is 0. The maximum absolute atomic E-state index is 12.2. The van der Waals surface area contributed by atoms with Crippen molar-refractivity contribution >= 4 is 5.69 Å². The molecule has 1 fully saturated rings. The molecule has 5 heteroatoms. The summed E-state index contributed by atoms with van der Waals surface area (Å²) in [5, 5.41) is 3.25. The minimum absolute atomic E-state index is 0.206. The van der Waals surface area contributed by atoms with Crippen LogP contribution in [-0.4, -0.2) is 37.7 Å². The van der Waals surface area contributed by atoms with Gasteiger partial charge in [0.1, 0.15) is 5.75 Å². The molecule has 1 aliphatic heterocycles. The van der Waals surface area contributed by atoms with Crippen LogP contribution in [0, 0.1) is 0 Å². The first kappa shape index (κ1) is 12.1. The number of rotatable bonds is 4. The molecule has 0 spiro atoms. The fourth-order valence-electron chi connectivity index (χ4n) is 2.06. The van der Waals surface area contributed by atoms with Crippen molar-refractivity contribution in [2.75, 3.05) is 25.5 Å². The molecule has 0 aliphatic carbocycles. The number of likely N-dealkylation sites (tertiary alicyclic amines) is 1. The Morgan fingerprint density at radius 2 is 2.18 bits per heavy atom. The molecule has 0 bridgehead atoms. The van der Waals surface area contributed by atoms with Gasteiger partial charge in [-0.2, -0.15) is 8.78 Å². The number of para-hydroxylation sites is 2. The molecule has 1 unspecified atom stereocenters. The topological polar surface area (TPSA) is 24.5 Å². The molecule has 0 amide bonds. The molecule has 1 aliphatic rings. The number of nitrogens with one attached hydrogen (secondary N) is 1. The molecule has 1 aromatic carbocycles. The van der Waals surface area contributed by atoms with Crippen LogP contribution in [0.4, 0.5) is 14.5 Å². The summed E-state index contributed by atoms with van der Waals surface area (Å²) in [7, 11) is 2.04. The quantitative estimate of drug-likeness (QED) is 0.877. The number of alkyl halides is 2. The van der Waals surface area contributed by atoms with Gasteiger partial charge >= 0.3 is 6.61 Å². The number of hydrogen-bond donors (Lipinski definition) is 1. The SMILES string of the molecule is CN1CCC(Nc2ccccc2OC(F)F)C1. The highest BCUT2D eigenvalue weighted by Gasteiger charge is 2.20. The summed E-state index contributed by atoms with van der Waals surface area (Å²) in [6, 6.07) is 7.09. The average Bonchev–Trinajstić information content (AvgIpc) is 2.66. The second-order valence-corrected chi connectivity index (χ2v) is 4.27. The first-order chi connectivity index (χ1) is 8.15. The van der Waals surface area contributed by atoms with E-state index in [2.05, 4.69) is 15.0 Å². The van der Waals surface area contributed by atoms with Gasteiger partial charge in [0.2, 0.25) is 0 Å². The van der Waals surface area contributed by atoms with Crippen molar-refractivity contribution in [1.82, 2.24) is 4.90 Å². The third kappa shape index (κ3) is 3.30. The van der Waals surface area contributed by atoms with E-state index in [1.807, 2.05) is 7.05 Å². The molecular formula is C12H16F2N2O. The molecule has 1 atom stereocenters. The van der Waals surface area contributed by atoms with E-state index < -0.39 is 6.61 Å². The van der Waals surface area contributed by atoms with E-state index in [4.69, 9.17) is 0 Å². The number of anilines is 1. The van der Waals surface area contributed by atoms with Gasteiger partial charge in [-0.3, -0.25) is 0 Å². The minimum Gasteiger partial charge on any atom is -0.433 e. The molecule has 0 aromatic heterocycles. The van der Waals surface area contributed by atoms with E-state index >= 15 is 0 Å². The summed E-state index contributed by atoms with van der Waals surface area (Å²) in [6.07, 6.45) is 1.01. The number of likely N-dealkylation sites (N-methyl/N-ethyl adjacent to an activating group) is 1. The highest BCUT2D eigenvalue weighted by molar-refractivity contribution is 5.56. The van der Waals surface area contributed by atoms with E-state index in [-0.39, 0.29) is 5.75 Å². The molecule has 1 N–H and O–H groups in total. The standard InChI is InChI=1S/C12H16F2N2O/c1-16-7-6-9(8-16)15-10-4-2-3-5-11(10)17-12(13)14/h2-5,9,12,15H,6-8H2,1H3. The van der Waals surface area contributed by atoms with Gasteiger partial charge in [-0.15, -0.1) is 0 Å².